The van der Waals surface area contributed by atoms with E-state index in [4.69, 9.17) is 21.0 Å². The van der Waals surface area contributed by atoms with E-state index in [2.05, 4.69) is 0 Å². The maximum absolute atomic E-state index is 12.5. The van der Waals surface area contributed by atoms with Crippen molar-refractivity contribution in [2.45, 2.75) is 0 Å². The number of nitriles is 5. The molecule has 0 heterocycles. The van der Waals surface area contributed by atoms with E-state index in [-0.39, 0.29) is 39.0 Å². The smallest absolute Gasteiger partial charge is 0.204 e. The first-order chi connectivity index (χ1) is 11.6. The van der Waals surface area contributed by atoms with Gasteiger partial charge in [0.2, 0.25) is 5.78 Å². The number of benzene rings is 1. The van der Waals surface area contributed by atoms with E-state index in [1.54, 1.807) is 48.5 Å². The van der Waals surface area contributed by atoms with Crippen LogP contribution in [0.1, 0.15) is 10.4 Å². The first kappa shape index (κ1) is 15.9. The highest BCUT2D eigenvalue weighted by Gasteiger charge is 2.42. The average molecular weight is 307 g/mol. The number of Topliss-reactive ketones (excluding diaryl/α,β-unsaturated/α-hetero) is 1. The first-order valence-electron chi connectivity index (χ1n) is 6.48. The Morgan fingerprint density at radius 2 is 1.12 bits per heavy atom. The standard InChI is InChI=1S/C18H5N5O/c19-6-12(7-20)15-16(13(8-21)9-22)17(15)14(10-23)18(24)11-4-2-1-3-5-11/h1-5H. The van der Waals surface area contributed by atoms with Gasteiger partial charge in [-0.1, -0.05) is 30.3 Å². The Labute approximate surface area is 137 Å². The van der Waals surface area contributed by atoms with Gasteiger partial charge in [0.05, 0.1) is 0 Å². The summed E-state index contributed by atoms with van der Waals surface area (Å²) in [6.07, 6.45) is 0. The Bertz CT molecular complexity index is 970. The number of allylic oxidation sites excluding steroid dienone is 6. The van der Waals surface area contributed by atoms with Gasteiger partial charge in [0, 0.05) is 22.3 Å². The average Bonchev–Trinajstić information content (AvgIpc) is 3.33. The zero-order valence-electron chi connectivity index (χ0n) is 12.0. The van der Waals surface area contributed by atoms with Gasteiger partial charge in [-0.25, -0.2) is 0 Å². The molecule has 0 N–H and O–H groups in total. The van der Waals surface area contributed by atoms with Crippen LogP contribution in [0.5, 0.6) is 0 Å². The van der Waals surface area contributed by atoms with Gasteiger partial charge in [0.1, 0.15) is 47.1 Å². The Hall–Kier alpha value is -4.44. The van der Waals surface area contributed by atoms with Crippen LogP contribution >= 0.6 is 0 Å². The maximum atomic E-state index is 12.5. The van der Waals surface area contributed by atoms with E-state index in [1.165, 1.54) is 12.1 Å². The molecule has 2 rings (SSSR count). The highest BCUT2D eigenvalue weighted by molar-refractivity contribution is 6.15. The molecule has 0 atom stereocenters. The number of hydrogen-bond donors (Lipinski definition) is 0. The van der Waals surface area contributed by atoms with Crippen LogP contribution in [0.3, 0.4) is 0 Å². The number of carbonyl (C=O) groups is 1. The molecule has 1 saturated carbocycles. The van der Waals surface area contributed by atoms with E-state index in [9.17, 15) is 10.1 Å². The summed E-state index contributed by atoms with van der Waals surface area (Å²) < 4.78 is 0. The Balaban J connectivity index is 2.79. The molecule has 0 saturated heterocycles. The summed E-state index contributed by atoms with van der Waals surface area (Å²) in [6.45, 7) is 0. The van der Waals surface area contributed by atoms with Crippen molar-refractivity contribution >= 4 is 5.78 Å². The Morgan fingerprint density at radius 1 is 0.667 bits per heavy atom. The molecule has 0 aliphatic heterocycles. The van der Waals surface area contributed by atoms with Crippen LogP contribution in [0.15, 0.2) is 63.8 Å². The van der Waals surface area contributed by atoms with Crippen LogP contribution in [0.4, 0.5) is 0 Å². The van der Waals surface area contributed by atoms with E-state index < -0.39 is 5.78 Å². The molecule has 6 heteroatoms. The Kier molecular flexibility index (Phi) is 4.35. The quantitative estimate of drug-likeness (QED) is 0.467. The minimum absolute atomic E-state index is 0.0129. The van der Waals surface area contributed by atoms with Crippen molar-refractivity contribution in [3.05, 3.63) is 69.3 Å². The predicted molar refractivity (Wildman–Crippen MR) is 79.9 cm³/mol. The topological polar surface area (TPSA) is 136 Å². The second-order valence-corrected chi connectivity index (χ2v) is 4.50. The van der Waals surface area contributed by atoms with Crippen LogP contribution in [0.2, 0.25) is 0 Å². The second kappa shape index (κ2) is 6.55. The molecule has 1 fully saturated rings. The molecular formula is C18H5N5O. The molecule has 24 heavy (non-hydrogen) atoms. The second-order valence-electron chi connectivity index (χ2n) is 4.50. The van der Waals surface area contributed by atoms with E-state index in [1.807, 2.05) is 0 Å². The van der Waals surface area contributed by atoms with Crippen molar-refractivity contribution in [1.82, 2.24) is 0 Å². The van der Waals surface area contributed by atoms with Crippen LogP contribution in [0.25, 0.3) is 0 Å². The number of hydrogen-bond acceptors (Lipinski definition) is 6. The summed E-state index contributed by atoms with van der Waals surface area (Å²) in [5, 5.41) is 45.4. The molecule has 0 bridgehead atoms. The number of rotatable bonds is 2. The van der Waals surface area contributed by atoms with Gasteiger partial charge < -0.3 is 0 Å². The van der Waals surface area contributed by atoms with Gasteiger partial charge in [0.15, 0.2) is 0 Å². The molecule has 6 nitrogen and oxygen atoms in total. The van der Waals surface area contributed by atoms with Crippen LogP contribution in [0, 0.1) is 56.7 Å². The fourth-order valence-electron chi connectivity index (χ4n) is 2.17. The number of nitrogens with zero attached hydrogens (tertiary/aromatic N) is 5. The summed E-state index contributed by atoms with van der Waals surface area (Å²) >= 11 is 0. The molecule has 0 spiro atoms. The fraction of sp³-hybridized carbons (Fsp3) is 0. The molecule has 0 amide bonds. The third kappa shape index (κ3) is 2.54. The van der Waals surface area contributed by atoms with E-state index in [0.717, 1.165) is 0 Å². The van der Waals surface area contributed by atoms with Crippen LogP contribution in [-0.4, -0.2) is 5.78 Å². The van der Waals surface area contributed by atoms with Gasteiger partial charge in [0.25, 0.3) is 0 Å². The van der Waals surface area contributed by atoms with E-state index in [0.29, 0.717) is 0 Å². The molecule has 1 aromatic rings. The van der Waals surface area contributed by atoms with Gasteiger partial charge in [-0.2, -0.15) is 26.3 Å². The first-order valence-corrected chi connectivity index (χ1v) is 6.48. The lowest BCUT2D eigenvalue weighted by Gasteiger charge is -1.97. The number of carbonyl (C=O) groups excluding carboxylic acids is 1. The number of ketones is 1. The van der Waals surface area contributed by atoms with Gasteiger partial charge in [-0.05, 0) is 0 Å². The summed E-state index contributed by atoms with van der Waals surface area (Å²) in [7, 11) is 0. The molecule has 0 radical (unpaired) electrons. The fourth-order valence-corrected chi connectivity index (χ4v) is 2.17. The van der Waals surface area contributed by atoms with Crippen molar-refractivity contribution in [2.24, 2.45) is 0 Å². The van der Waals surface area contributed by atoms with Gasteiger partial charge >= 0.3 is 0 Å². The highest BCUT2D eigenvalue weighted by Crippen LogP contribution is 2.50. The predicted octanol–water partition coefficient (Wildman–Crippen LogP) is 2.39. The van der Waals surface area contributed by atoms with Crippen LogP contribution < -0.4 is 0 Å². The third-order valence-electron chi connectivity index (χ3n) is 3.26. The van der Waals surface area contributed by atoms with Crippen molar-refractivity contribution in [3.63, 3.8) is 0 Å². The monoisotopic (exact) mass is 307 g/mol. The third-order valence-corrected chi connectivity index (χ3v) is 3.26. The van der Waals surface area contributed by atoms with Crippen molar-refractivity contribution in [1.29, 1.82) is 26.3 Å². The van der Waals surface area contributed by atoms with Gasteiger partial charge in [-0.3, -0.25) is 4.79 Å². The van der Waals surface area contributed by atoms with Crippen LogP contribution in [-0.2, 0) is 0 Å². The minimum atomic E-state index is -0.606. The van der Waals surface area contributed by atoms with E-state index >= 15 is 0 Å². The SMILES string of the molecule is N#CC(C#N)=C1C(=C(C#N)C#N)C1=C(C#N)C(=O)c1ccccc1. The molecule has 1 aliphatic carbocycles. The minimum Gasteiger partial charge on any atom is -0.288 e. The summed E-state index contributed by atoms with van der Waals surface area (Å²) in [6, 6.07) is 16.3. The molecule has 108 valence electrons. The lowest BCUT2D eigenvalue weighted by atomic mass is 10.0. The summed E-state index contributed by atoms with van der Waals surface area (Å²) in [4.78, 5) is 12.5. The highest BCUT2D eigenvalue weighted by atomic mass is 16.1. The van der Waals surface area contributed by atoms with Crippen molar-refractivity contribution in [3.8, 4) is 30.3 Å². The largest absolute Gasteiger partial charge is 0.288 e. The van der Waals surface area contributed by atoms with Gasteiger partial charge in [-0.15, -0.1) is 0 Å². The molecular weight excluding hydrogens is 302 g/mol. The summed E-state index contributed by atoms with van der Waals surface area (Å²) in [5.41, 5.74) is -0.719. The lowest BCUT2D eigenvalue weighted by molar-refractivity contribution is 0.103. The summed E-state index contributed by atoms with van der Waals surface area (Å²) in [5.74, 6) is -0.606. The molecule has 1 aliphatic rings. The Morgan fingerprint density at radius 3 is 1.50 bits per heavy atom. The normalized spacial score (nSPS) is 11.0. The zero-order valence-corrected chi connectivity index (χ0v) is 12.0. The van der Waals surface area contributed by atoms with Crippen molar-refractivity contribution < 1.29 is 4.79 Å². The van der Waals surface area contributed by atoms with Crippen molar-refractivity contribution in [2.75, 3.05) is 0 Å². The molecule has 0 aromatic heterocycles. The zero-order chi connectivity index (χ0) is 17.7. The lowest BCUT2D eigenvalue weighted by Crippen LogP contribution is -2.01. The molecule has 1 aromatic carbocycles. The molecule has 0 unspecified atom stereocenters. The maximum Gasteiger partial charge on any atom is 0.204 e.